The third-order valence-electron chi connectivity index (χ3n) is 3.36. The maximum atomic E-state index is 11.4. The summed E-state index contributed by atoms with van der Waals surface area (Å²) < 4.78 is 0. The number of carboxylic acids is 1. The van der Waals surface area contributed by atoms with Crippen molar-refractivity contribution in [2.75, 3.05) is 0 Å². The smallest absolute Gasteiger partial charge is 0.315 e. The molecular weight excluding hydrogens is 222 g/mol. The minimum absolute atomic E-state index is 0.378. The first-order chi connectivity index (χ1) is 7.47. The second kappa shape index (κ2) is 3.84. The third kappa shape index (κ3) is 1.56. The molecule has 4 heteroatoms. The van der Waals surface area contributed by atoms with Crippen molar-refractivity contribution >= 4 is 17.3 Å². The van der Waals surface area contributed by atoms with Crippen LogP contribution in [-0.4, -0.2) is 16.1 Å². The van der Waals surface area contributed by atoms with E-state index in [1.807, 2.05) is 6.92 Å². The van der Waals surface area contributed by atoms with Gasteiger partial charge in [-0.3, -0.25) is 4.79 Å². The topological polar surface area (TPSA) is 50.2 Å². The predicted octanol–water partition coefficient (Wildman–Crippen LogP) is 3.08. The number of rotatable bonds is 3. The van der Waals surface area contributed by atoms with Crippen LogP contribution in [0, 0.1) is 6.92 Å². The molecular formula is C12H17NO2S. The van der Waals surface area contributed by atoms with Crippen LogP contribution in [0.1, 0.15) is 54.6 Å². The lowest BCUT2D eigenvalue weighted by atomic mass is 9.67. The van der Waals surface area contributed by atoms with Crippen molar-refractivity contribution in [2.24, 2.45) is 0 Å². The van der Waals surface area contributed by atoms with Crippen LogP contribution in [0.3, 0.4) is 0 Å². The Kier molecular flexibility index (Phi) is 2.78. The SMILES string of the molecule is Cc1nc(C(C)C)sc1C1(C(=O)O)CCC1. The minimum Gasteiger partial charge on any atom is -0.481 e. The first-order valence-corrected chi connectivity index (χ1v) is 6.50. The van der Waals surface area contributed by atoms with Crippen molar-refractivity contribution in [1.29, 1.82) is 0 Å². The Morgan fingerprint density at radius 1 is 1.50 bits per heavy atom. The van der Waals surface area contributed by atoms with Crippen LogP contribution in [0.2, 0.25) is 0 Å². The molecule has 1 aliphatic rings. The summed E-state index contributed by atoms with van der Waals surface area (Å²) in [5, 5.41) is 10.4. The predicted molar refractivity (Wildman–Crippen MR) is 64.1 cm³/mol. The van der Waals surface area contributed by atoms with Crippen LogP contribution in [-0.2, 0) is 10.2 Å². The summed E-state index contributed by atoms with van der Waals surface area (Å²) in [5.74, 6) is -0.302. The number of aromatic nitrogens is 1. The molecule has 0 saturated heterocycles. The molecule has 0 unspecified atom stereocenters. The number of carbonyl (C=O) groups is 1. The fourth-order valence-corrected chi connectivity index (χ4v) is 3.48. The molecule has 16 heavy (non-hydrogen) atoms. The molecule has 3 nitrogen and oxygen atoms in total. The highest BCUT2D eigenvalue weighted by Crippen LogP contribution is 2.48. The minimum atomic E-state index is -0.680. The lowest BCUT2D eigenvalue weighted by Crippen LogP contribution is -2.42. The van der Waals surface area contributed by atoms with E-state index in [9.17, 15) is 9.90 Å². The Labute approximate surface area is 99.5 Å². The summed E-state index contributed by atoms with van der Waals surface area (Å²) in [6.45, 7) is 6.12. The monoisotopic (exact) mass is 239 g/mol. The van der Waals surface area contributed by atoms with Crippen LogP contribution in [0.25, 0.3) is 0 Å². The summed E-state index contributed by atoms with van der Waals surface area (Å²) >= 11 is 1.59. The highest BCUT2D eigenvalue weighted by Gasteiger charge is 2.48. The highest BCUT2D eigenvalue weighted by atomic mass is 32.1. The first-order valence-electron chi connectivity index (χ1n) is 5.68. The van der Waals surface area contributed by atoms with E-state index in [0.717, 1.165) is 34.8 Å². The second-order valence-corrected chi connectivity index (χ2v) is 5.89. The summed E-state index contributed by atoms with van der Waals surface area (Å²) in [4.78, 5) is 16.9. The quantitative estimate of drug-likeness (QED) is 0.881. The molecule has 1 aromatic rings. The molecule has 0 aromatic carbocycles. The van der Waals surface area contributed by atoms with Gasteiger partial charge in [0.05, 0.1) is 10.7 Å². The first kappa shape index (κ1) is 11.6. The fraction of sp³-hybridized carbons (Fsp3) is 0.667. The summed E-state index contributed by atoms with van der Waals surface area (Å²) in [6.07, 6.45) is 2.55. The molecule has 1 N–H and O–H groups in total. The number of hydrogen-bond acceptors (Lipinski definition) is 3. The van der Waals surface area contributed by atoms with Gasteiger partial charge >= 0.3 is 5.97 Å². The molecule has 1 fully saturated rings. The van der Waals surface area contributed by atoms with E-state index in [1.54, 1.807) is 11.3 Å². The van der Waals surface area contributed by atoms with E-state index in [2.05, 4.69) is 18.8 Å². The normalized spacial score (nSPS) is 18.5. The van der Waals surface area contributed by atoms with Gasteiger partial charge in [-0.05, 0) is 19.8 Å². The van der Waals surface area contributed by atoms with Crippen LogP contribution in [0.4, 0.5) is 0 Å². The lowest BCUT2D eigenvalue weighted by molar-refractivity contribution is -0.147. The molecule has 2 rings (SSSR count). The number of aryl methyl sites for hydroxylation is 1. The maximum absolute atomic E-state index is 11.4. The van der Waals surface area contributed by atoms with Crippen LogP contribution >= 0.6 is 11.3 Å². The van der Waals surface area contributed by atoms with Crippen LogP contribution < -0.4 is 0 Å². The molecule has 1 saturated carbocycles. The zero-order chi connectivity index (χ0) is 11.9. The summed E-state index contributed by atoms with van der Waals surface area (Å²) in [6, 6.07) is 0. The average Bonchev–Trinajstić information content (AvgIpc) is 2.46. The molecule has 0 amide bonds. The zero-order valence-corrected chi connectivity index (χ0v) is 10.7. The van der Waals surface area contributed by atoms with E-state index in [0.29, 0.717) is 5.92 Å². The van der Waals surface area contributed by atoms with Gasteiger partial charge in [0.15, 0.2) is 0 Å². The largest absolute Gasteiger partial charge is 0.481 e. The van der Waals surface area contributed by atoms with Crippen LogP contribution in [0.15, 0.2) is 0 Å². The van der Waals surface area contributed by atoms with Gasteiger partial charge in [0.25, 0.3) is 0 Å². The van der Waals surface area contributed by atoms with Gasteiger partial charge in [-0.25, -0.2) is 4.98 Å². The number of nitrogens with zero attached hydrogens (tertiary/aromatic N) is 1. The van der Waals surface area contributed by atoms with Gasteiger partial charge in [0, 0.05) is 10.8 Å². The number of thiazole rings is 1. The molecule has 1 aromatic heterocycles. The Bertz CT molecular complexity index is 419. The van der Waals surface area contributed by atoms with Crippen molar-refractivity contribution in [3.8, 4) is 0 Å². The van der Waals surface area contributed by atoms with Gasteiger partial charge in [-0.2, -0.15) is 0 Å². The second-order valence-electron chi connectivity index (χ2n) is 4.86. The van der Waals surface area contributed by atoms with Gasteiger partial charge in [-0.15, -0.1) is 11.3 Å². The lowest BCUT2D eigenvalue weighted by Gasteiger charge is -2.37. The molecule has 0 radical (unpaired) electrons. The van der Waals surface area contributed by atoms with Crippen molar-refractivity contribution < 1.29 is 9.90 Å². The molecule has 0 bridgehead atoms. The van der Waals surface area contributed by atoms with E-state index in [-0.39, 0.29) is 0 Å². The molecule has 0 atom stereocenters. The number of hydrogen-bond donors (Lipinski definition) is 1. The Morgan fingerprint density at radius 2 is 2.12 bits per heavy atom. The van der Waals surface area contributed by atoms with Crippen molar-refractivity contribution in [3.05, 3.63) is 15.6 Å². The third-order valence-corrected chi connectivity index (χ3v) is 5.02. The van der Waals surface area contributed by atoms with Gasteiger partial charge < -0.3 is 5.11 Å². The van der Waals surface area contributed by atoms with Crippen molar-refractivity contribution in [3.63, 3.8) is 0 Å². The summed E-state index contributed by atoms with van der Waals surface area (Å²) in [7, 11) is 0. The molecule has 1 heterocycles. The number of carboxylic acid groups (broad SMARTS) is 1. The van der Waals surface area contributed by atoms with Gasteiger partial charge in [-0.1, -0.05) is 20.3 Å². The standard InChI is InChI=1S/C12H17NO2S/c1-7(2)10-13-8(3)9(16-10)12(11(14)15)5-4-6-12/h7H,4-6H2,1-3H3,(H,14,15). The van der Waals surface area contributed by atoms with Crippen molar-refractivity contribution in [1.82, 2.24) is 4.98 Å². The van der Waals surface area contributed by atoms with E-state index in [1.165, 1.54) is 0 Å². The molecule has 1 aliphatic carbocycles. The Hall–Kier alpha value is -0.900. The average molecular weight is 239 g/mol. The Morgan fingerprint density at radius 3 is 2.44 bits per heavy atom. The van der Waals surface area contributed by atoms with E-state index < -0.39 is 11.4 Å². The molecule has 88 valence electrons. The Balaban J connectivity index is 2.43. The van der Waals surface area contributed by atoms with Crippen LogP contribution in [0.5, 0.6) is 0 Å². The van der Waals surface area contributed by atoms with Gasteiger partial charge in [0.2, 0.25) is 0 Å². The zero-order valence-electron chi connectivity index (χ0n) is 9.91. The maximum Gasteiger partial charge on any atom is 0.315 e. The highest BCUT2D eigenvalue weighted by molar-refractivity contribution is 7.12. The summed E-state index contributed by atoms with van der Waals surface area (Å²) in [5.41, 5.74) is 0.297. The fourth-order valence-electron chi connectivity index (χ4n) is 2.18. The number of aliphatic carboxylic acids is 1. The van der Waals surface area contributed by atoms with E-state index in [4.69, 9.17) is 0 Å². The van der Waals surface area contributed by atoms with Crippen molar-refractivity contribution in [2.45, 2.75) is 51.4 Å². The molecule has 0 aliphatic heterocycles. The molecule has 0 spiro atoms. The van der Waals surface area contributed by atoms with E-state index >= 15 is 0 Å². The van der Waals surface area contributed by atoms with Gasteiger partial charge in [0.1, 0.15) is 5.41 Å².